The van der Waals surface area contributed by atoms with E-state index in [2.05, 4.69) is 9.59 Å². The maximum Gasteiger partial charge on any atom is 0.259 e. The molecular weight excluding hydrogens is 306 g/mol. The number of hydrogen-bond donors (Lipinski definition) is 1. The second-order valence-electron chi connectivity index (χ2n) is 4.26. The van der Waals surface area contributed by atoms with Crippen molar-refractivity contribution >= 4 is 38.6 Å². The quantitative estimate of drug-likeness (QED) is 0.885. The molecule has 2 aromatic rings. The molecule has 19 heavy (non-hydrogen) atoms. The Morgan fingerprint density at radius 3 is 2.74 bits per heavy atom. The summed E-state index contributed by atoms with van der Waals surface area (Å²) in [7, 11) is -3.42. The van der Waals surface area contributed by atoms with Gasteiger partial charge in [-0.2, -0.15) is 0 Å². The minimum Gasteiger partial charge on any atom is -0.365 e. The van der Waals surface area contributed by atoms with Gasteiger partial charge in [0.1, 0.15) is 4.21 Å². The molecule has 2 aromatic heterocycles. The first-order valence-corrected chi connectivity index (χ1v) is 8.85. The van der Waals surface area contributed by atoms with Crippen LogP contribution >= 0.6 is 22.9 Å². The van der Waals surface area contributed by atoms with Crippen LogP contribution in [0.4, 0.5) is 0 Å². The number of thiophene rings is 1. The Morgan fingerprint density at radius 1 is 1.37 bits per heavy atom. The number of carbonyl (C=O) groups is 1. The van der Waals surface area contributed by atoms with Crippen molar-refractivity contribution in [1.29, 1.82) is 0 Å². The third-order valence-corrected chi connectivity index (χ3v) is 6.79. The van der Waals surface area contributed by atoms with Crippen molar-refractivity contribution in [2.75, 3.05) is 6.26 Å². The van der Waals surface area contributed by atoms with Crippen molar-refractivity contribution in [3.8, 4) is 10.4 Å². The molecule has 1 amide bonds. The Morgan fingerprint density at radius 2 is 2.11 bits per heavy atom. The van der Waals surface area contributed by atoms with Crippen LogP contribution in [0.5, 0.6) is 0 Å². The second kappa shape index (κ2) is 4.09. The number of amides is 1. The first kappa shape index (κ1) is 12.7. The van der Waals surface area contributed by atoms with Crippen molar-refractivity contribution < 1.29 is 13.2 Å². The Balaban J connectivity index is 2.40. The van der Waals surface area contributed by atoms with E-state index in [4.69, 9.17) is 5.73 Å². The molecule has 0 saturated heterocycles. The van der Waals surface area contributed by atoms with Crippen LogP contribution in [0.3, 0.4) is 0 Å². The molecule has 0 aliphatic heterocycles. The summed E-state index contributed by atoms with van der Waals surface area (Å²) in [5, 5.41) is 4.00. The van der Waals surface area contributed by atoms with Gasteiger partial charge >= 0.3 is 0 Å². The average molecular weight is 315 g/mol. The first-order valence-electron chi connectivity index (χ1n) is 5.36. The fourth-order valence-corrected chi connectivity index (χ4v) is 5.48. The predicted octanol–water partition coefficient (Wildman–Crippen LogP) is 0.868. The van der Waals surface area contributed by atoms with E-state index in [1.54, 1.807) is 0 Å². The van der Waals surface area contributed by atoms with E-state index in [1.165, 1.54) is 0 Å². The molecule has 9 heteroatoms. The lowest BCUT2D eigenvalue weighted by Crippen LogP contribution is -2.13. The molecule has 1 aliphatic rings. The van der Waals surface area contributed by atoms with Crippen LogP contribution in [0.25, 0.3) is 10.4 Å². The van der Waals surface area contributed by atoms with Gasteiger partial charge in [-0.3, -0.25) is 4.79 Å². The maximum absolute atomic E-state index is 11.9. The molecule has 100 valence electrons. The van der Waals surface area contributed by atoms with Gasteiger partial charge in [0.2, 0.25) is 0 Å². The number of fused-ring (bicyclic) bond motifs is 3. The average Bonchev–Trinajstić information content (AvgIpc) is 2.90. The lowest BCUT2D eigenvalue weighted by Gasteiger charge is -2.11. The molecule has 0 spiro atoms. The Bertz CT molecular complexity index is 788. The Hall–Kier alpha value is -1.32. The highest BCUT2D eigenvalue weighted by Crippen LogP contribution is 2.45. The zero-order valence-corrected chi connectivity index (χ0v) is 12.3. The number of aromatic nitrogens is 2. The van der Waals surface area contributed by atoms with Crippen LogP contribution in [-0.4, -0.2) is 30.2 Å². The van der Waals surface area contributed by atoms with Crippen LogP contribution in [-0.2, 0) is 22.7 Å². The van der Waals surface area contributed by atoms with Crippen LogP contribution in [0.1, 0.15) is 20.9 Å². The lowest BCUT2D eigenvalue weighted by molar-refractivity contribution is 0.100. The van der Waals surface area contributed by atoms with E-state index >= 15 is 0 Å². The van der Waals surface area contributed by atoms with E-state index in [1.807, 2.05) is 0 Å². The smallest absolute Gasteiger partial charge is 0.259 e. The molecule has 6 nitrogen and oxygen atoms in total. The van der Waals surface area contributed by atoms with Gasteiger partial charge in [0.05, 0.1) is 15.4 Å². The molecule has 0 aromatic carbocycles. The van der Waals surface area contributed by atoms with Crippen LogP contribution in [0.15, 0.2) is 4.21 Å². The summed E-state index contributed by atoms with van der Waals surface area (Å²) in [6.07, 6.45) is 2.35. The number of carbonyl (C=O) groups excluding carboxylic acids is 1. The summed E-state index contributed by atoms with van der Waals surface area (Å²) in [6, 6.07) is 0. The van der Waals surface area contributed by atoms with Gasteiger partial charge in [-0.1, -0.05) is 4.49 Å². The molecule has 2 heterocycles. The second-order valence-corrected chi connectivity index (χ2v) is 8.24. The lowest BCUT2D eigenvalue weighted by atomic mass is 9.96. The molecule has 1 aliphatic carbocycles. The van der Waals surface area contributed by atoms with Gasteiger partial charge in [-0.25, -0.2) is 8.42 Å². The standard InChI is InChI=1S/C10H9N3O3S3/c1-19(15,16)10-6-4(7(17-10)9(11)14)2-3-5-8(6)18-13-12-5/h2-3H2,1H3,(H2,11,14). The maximum atomic E-state index is 11.9. The van der Waals surface area contributed by atoms with Crippen molar-refractivity contribution in [2.24, 2.45) is 5.73 Å². The molecule has 0 fully saturated rings. The summed E-state index contributed by atoms with van der Waals surface area (Å²) >= 11 is 2.10. The highest BCUT2D eigenvalue weighted by molar-refractivity contribution is 7.93. The largest absolute Gasteiger partial charge is 0.365 e. The van der Waals surface area contributed by atoms with Gasteiger partial charge in [0.15, 0.2) is 9.84 Å². The number of rotatable bonds is 2. The van der Waals surface area contributed by atoms with Gasteiger partial charge in [-0.15, -0.1) is 16.4 Å². The summed E-state index contributed by atoms with van der Waals surface area (Å²) < 4.78 is 27.8. The third kappa shape index (κ3) is 1.88. The van der Waals surface area contributed by atoms with Gasteiger partial charge < -0.3 is 5.73 Å². The molecule has 2 N–H and O–H groups in total. The highest BCUT2D eigenvalue weighted by Gasteiger charge is 2.32. The molecule has 0 bridgehead atoms. The van der Waals surface area contributed by atoms with Crippen molar-refractivity contribution in [2.45, 2.75) is 17.1 Å². The minimum absolute atomic E-state index is 0.184. The van der Waals surface area contributed by atoms with Gasteiger partial charge in [0.25, 0.3) is 5.91 Å². The van der Waals surface area contributed by atoms with Gasteiger partial charge in [-0.05, 0) is 29.9 Å². The zero-order valence-electron chi connectivity index (χ0n) is 9.84. The van der Waals surface area contributed by atoms with Crippen molar-refractivity contribution in [3.05, 3.63) is 16.1 Å². The van der Waals surface area contributed by atoms with E-state index in [0.717, 1.165) is 45.3 Å². The van der Waals surface area contributed by atoms with E-state index in [9.17, 15) is 13.2 Å². The topological polar surface area (TPSA) is 103 Å². The molecule has 0 unspecified atom stereocenters. The number of primary amides is 1. The van der Waals surface area contributed by atoms with E-state index in [0.29, 0.717) is 23.3 Å². The fraction of sp³-hybridized carbons (Fsp3) is 0.300. The highest BCUT2D eigenvalue weighted by atomic mass is 32.2. The molecule has 0 radical (unpaired) electrons. The zero-order chi connectivity index (χ0) is 13.8. The van der Waals surface area contributed by atoms with Crippen LogP contribution < -0.4 is 5.73 Å². The minimum atomic E-state index is -3.42. The number of nitrogens with zero attached hydrogens (tertiary/aromatic N) is 2. The van der Waals surface area contributed by atoms with Crippen LogP contribution in [0.2, 0.25) is 0 Å². The Labute approximate surface area is 117 Å². The summed E-state index contributed by atoms with van der Waals surface area (Å²) in [6.45, 7) is 0. The monoisotopic (exact) mass is 315 g/mol. The molecule has 3 rings (SSSR count). The molecular formula is C10H9N3O3S3. The van der Waals surface area contributed by atoms with Crippen LogP contribution in [0, 0.1) is 0 Å². The SMILES string of the molecule is CS(=O)(=O)c1sc(C(N)=O)c2c1-c1snnc1CC2. The number of sulfone groups is 1. The van der Waals surface area contributed by atoms with Crippen molar-refractivity contribution in [3.63, 3.8) is 0 Å². The molecule has 0 saturated carbocycles. The summed E-state index contributed by atoms with van der Waals surface area (Å²) in [5.74, 6) is -0.586. The third-order valence-electron chi connectivity index (χ3n) is 2.93. The summed E-state index contributed by atoms with van der Waals surface area (Å²) in [4.78, 5) is 12.5. The summed E-state index contributed by atoms with van der Waals surface area (Å²) in [5.41, 5.74) is 7.43. The van der Waals surface area contributed by atoms with Crippen molar-refractivity contribution in [1.82, 2.24) is 9.59 Å². The predicted molar refractivity (Wildman–Crippen MR) is 72.3 cm³/mol. The Kier molecular flexibility index (Phi) is 2.73. The normalized spacial score (nSPS) is 13.9. The fourth-order valence-electron chi connectivity index (χ4n) is 2.18. The van der Waals surface area contributed by atoms with E-state index < -0.39 is 15.7 Å². The van der Waals surface area contributed by atoms with E-state index in [-0.39, 0.29) is 4.21 Å². The number of nitrogens with two attached hydrogens (primary N) is 1. The number of aryl methyl sites for hydroxylation is 1. The first-order chi connectivity index (χ1) is 8.89. The molecule has 0 atom stereocenters. The van der Waals surface area contributed by atoms with Gasteiger partial charge in [0, 0.05) is 11.8 Å². The number of hydrogen-bond acceptors (Lipinski definition) is 7.